The van der Waals surface area contributed by atoms with Gasteiger partial charge in [0.15, 0.2) is 0 Å². The van der Waals surface area contributed by atoms with Gasteiger partial charge in [0.2, 0.25) is 5.91 Å². The van der Waals surface area contributed by atoms with Crippen molar-refractivity contribution in [3.8, 4) is 0 Å². The van der Waals surface area contributed by atoms with E-state index in [1.807, 2.05) is 18.2 Å². The number of anilines is 1. The second kappa shape index (κ2) is 5.77. The van der Waals surface area contributed by atoms with Gasteiger partial charge in [-0.25, -0.2) is 0 Å². The Bertz CT molecular complexity index is 439. The summed E-state index contributed by atoms with van der Waals surface area (Å²) in [5.74, 6) is 0.415. The third-order valence-corrected chi connectivity index (χ3v) is 3.97. The maximum absolute atomic E-state index is 12.3. The molecule has 1 saturated carbocycles. The molecule has 1 fully saturated rings. The van der Waals surface area contributed by atoms with Crippen molar-refractivity contribution in [3.63, 3.8) is 0 Å². The lowest BCUT2D eigenvalue weighted by atomic mass is 9.85. The molecule has 0 radical (unpaired) electrons. The summed E-state index contributed by atoms with van der Waals surface area (Å²) in [7, 11) is 0. The standard InChI is InChI=1S/C17H25NO/c1-17(2,3)14-11-7-8-12-15(14)18-16(19)13-9-5-4-6-10-13/h7-8,11-13H,4-6,9-10H2,1-3H3,(H,18,19). The number of benzene rings is 1. The van der Waals surface area contributed by atoms with Gasteiger partial charge in [-0.1, -0.05) is 58.2 Å². The number of nitrogens with one attached hydrogen (secondary N) is 1. The molecule has 2 rings (SSSR count). The lowest BCUT2D eigenvalue weighted by Gasteiger charge is -2.25. The summed E-state index contributed by atoms with van der Waals surface area (Å²) >= 11 is 0. The van der Waals surface area contributed by atoms with E-state index in [1.54, 1.807) is 0 Å². The lowest BCUT2D eigenvalue weighted by molar-refractivity contribution is -0.120. The third kappa shape index (κ3) is 3.59. The second-order valence-electron chi connectivity index (χ2n) is 6.62. The molecule has 1 N–H and O–H groups in total. The molecule has 0 aliphatic heterocycles. The van der Waals surface area contributed by atoms with Crippen molar-refractivity contribution in [3.05, 3.63) is 29.8 Å². The number of hydrogen-bond donors (Lipinski definition) is 1. The van der Waals surface area contributed by atoms with Gasteiger partial charge in [-0.2, -0.15) is 0 Å². The molecule has 0 heterocycles. The first-order valence-electron chi connectivity index (χ1n) is 7.39. The van der Waals surface area contributed by atoms with Crippen LogP contribution in [0.15, 0.2) is 24.3 Å². The number of hydrogen-bond acceptors (Lipinski definition) is 1. The van der Waals surface area contributed by atoms with Crippen molar-refractivity contribution in [1.29, 1.82) is 0 Å². The van der Waals surface area contributed by atoms with Crippen LogP contribution in [0.3, 0.4) is 0 Å². The summed E-state index contributed by atoms with van der Waals surface area (Å²) in [5, 5.41) is 3.15. The van der Waals surface area contributed by atoms with Crippen LogP contribution < -0.4 is 5.32 Å². The van der Waals surface area contributed by atoms with E-state index >= 15 is 0 Å². The fourth-order valence-corrected chi connectivity index (χ4v) is 2.85. The van der Waals surface area contributed by atoms with Gasteiger partial charge in [0.1, 0.15) is 0 Å². The van der Waals surface area contributed by atoms with Crippen molar-refractivity contribution in [1.82, 2.24) is 0 Å². The van der Waals surface area contributed by atoms with Crippen LogP contribution in [0.1, 0.15) is 58.4 Å². The highest BCUT2D eigenvalue weighted by molar-refractivity contribution is 5.93. The first-order chi connectivity index (χ1) is 8.98. The summed E-state index contributed by atoms with van der Waals surface area (Å²) < 4.78 is 0. The number of amides is 1. The fourth-order valence-electron chi connectivity index (χ4n) is 2.85. The van der Waals surface area contributed by atoms with Gasteiger partial charge in [0.05, 0.1) is 0 Å². The van der Waals surface area contributed by atoms with Crippen molar-refractivity contribution < 1.29 is 4.79 Å². The molecule has 104 valence electrons. The first-order valence-corrected chi connectivity index (χ1v) is 7.39. The Hall–Kier alpha value is -1.31. The van der Waals surface area contributed by atoms with Crippen LogP contribution >= 0.6 is 0 Å². The van der Waals surface area contributed by atoms with Crippen LogP contribution in [-0.2, 0) is 10.2 Å². The summed E-state index contributed by atoms with van der Waals surface area (Å²) in [6.07, 6.45) is 5.76. The quantitative estimate of drug-likeness (QED) is 0.832. The van der Waals surface area contributed by atoms with Crippen molar-refractivity contribution in [2.45, 2.75) is 58.3 Å². The van der Waals surface area contributed by atoms with Gasteiger partial charge >= 0.3 is 0 Å². The van der Waals surface area contributed by atoms with Crippen LogP contribution in [-0.4, -0.2) is 5.91 Å². The highest BCUT2D eigenvalue weighted by atomic mass is 16.1. The molecular formula is C17H25NO. The molecule has 0 spiro atoms. The molecular weight excluding hydrogens is 234 g/mol. The highest BCUT2D eigenvalue weighted by Gasteiger charge is 2.23. The maximum Gasteiger partial charge on any atom is 0.227 e. The summed E-state index contributed by atoms with van der Waals surface area (Å²) in [6, 6.07) is 8.15. The van der Waals surface area contributed by atoms with E-state index in [0.717, 1.165) is 18.5 Å². The van der Waals surface area contributed by atoms with Crippen LogP contribution in [0.5, 0.6) is 0 Å². The number of rotatable bonds is 2. The molecule has 1 aliphatic rings. The molecule has 0 saturated heterocycles. The predicted molar refractivity (Wildman–Crippen MR) is 80.3 cm³/mol. The summed E-state index contributed by atoms with van der Waals surface area (Å²) in [5.41, 5.74) is 2.24. The summed E-state index contributed by atoms with van der Waals surface area (Å²) in [6.45, 7) is 6.54. The number of carbonyl (C=O) groups is 1. The monoisotopic (exact) mass is 259 g/mol. The first kappa shape index (κ1) is 14.1. The van der Waals surface area contributed by atoms with Crippen LogP contribution in [0.4, 0.5) is 5.69 Å². The SMILES string of the molecule is CC(C)(C)c1ccccc1NC(=O)C1CCCCC1. The average molecular weight is 259 g/mol. The molecule has 1 aromatic rings. The van der Waals surface area contributed by atoms with Gasteiger partial charge in [-0.15, -0.1) is 0 Å². The van der Waals surface area contributed by atoms with Gasteiger partial charge in [0, 0.05) is 11.6 Å². The van der Waals surface area contributed by atoms with Gasteiger partial charge in [-0.05, 0) is 29.9 Å². The predicted octanol–water partition coefficient (Wildman–Crippen LogP) is 4.50. The fraction of sp³-hybridized carbons (Fsp3) is 0.588. The molecule has 2 nitrogen and oxygen atoms in total. The largest absolute Gasteiger partial charge is 0.326 e. The smallest absolute Gasteiger partial charge is 0.227 e. The minimum atomic E-state index is 0.0520. The van der Waals surface area contributed by atoms with E-state index in [9.17, 15) is 4.79 Å². The van der Waals surface area contributed by atoms with Crippen LogP contribution in [0.2, 0.25) is 0 Å². The van der Waals surface area contributed by atoms with Crippen LogP contribution in [0.25, 0.3) is 0 Å². The summed E-state index contributed by atoms with van der Waals surface area (Å²) in [4.78, 5) is 12.3. The van der Waals surface area contributed by atoms with Gasteiger partial charge < -0.3 is 5.32 Å². The number of para-hydroxylation sites is 1. The molecule has 1 aliphatic carbocycles. The Morgan fingerprint density at radius 3 is 2.37 bits per heavy atom. The Balaban J connectivity index is 2.12. The van der Waals surface area contributed by atoms with Crippen molar-refractivity contribution in [2.24, 2.45) is 5.92 Å². The molecule has 0 atom stereocenters. The van der Waals surface area contributed by atoms with E-state index in [-0.39, 0.29) is 17.2 Å². The van der Waals surface area contributed by atoms with Crippen molar-refractivity contribution >= 4 is 11.6 Å². The Morgan fingerprint density at radius 1 is 1.11 bits per heavy atom. The average Bonchev–Trinajstić information content (AvgIpc) is 2.39. The zero-order chi connectivity index (χ0) is 13.9. The molecule has 0 aromatic heterocycles. The van der Waals surface area contributed by atoms with E-state index in [2.05, 4.69) is 32.2 Å². The molecule has 1 amide bonds. The molecule has 1 aromatic carbocycles. The minimum Gasteiger partial charge on any atom is -0.326 e. The molecule has 19 heavy (non-hydrogen) atoms. The minimum absolute atomic E-state index is 0.0520. The van der Waals surface area contributed by atoms with E-state index in [1.165, 1.54) is 24.8 Å². The van der Waals surface area contributed by atoms with Crippen LogP contribution in [0, 0.1) is 5.92 Å². The number of carbonyl (C=O) groups excluding carboxylic acids is 1. The topological polar surface area (TPSA) is 29.1 Å². The zero-order valence-corrected chi connectivity index (χ0v) is 12.3. The normalized spacial score (nSPS) is 17.2. The van der Waals surface area contributed by atoms with Gasteiger partial charge in [-0.3, -0.25) is 4.79 Å². The second-order valence-corrected chi connectivity index (χ2v) is 6.62. The van der Waals surface area contributed by atoms with E-state index in [0.29, 0.717) is 0 Å². The van der Waals surface area contributed by atoms with E-state index in [4.69, 9.17) is 0 Å². The lowest BCUT2D eigenvalue weighted by Crippen LogP contribution is -2.26. The third-order valence-electron chi connectivity index (χ3n) is 3.97. The zero-order valence-electron chi connectivity index (χ0n) is 12.3. The Labute approximate surface area is 116 Å². The highest BCUT2D eigenvalue weighted by Crippen LogP contribution is 2.31. The van der Waals surface area contributed by atoms with E-state index < -0.39 is 0 Å². The van der Waals surface area contributed by atoms with Gasteiger partial charge in [0.25, 0.3) is 0 Å². The molecule has 0 unspecified atom stereocenters. The molecule has 0 bridgehead atoms. The Morgan fingerprint density at radius 2 is 1.74 bits per heavy atom. The molecule has 2 heteroatoms. The maximum atomic E-state index is 12.3. The Kier molecular flexibility index (Phi) is 4.28. The van der Waals surface area contributed by atoms with Crippen molar-refractivity contribution in [2.75, 3.05) is 5.32 Å².